The fourth-order valence-electron chi connectivity index (χ4n) is 10.8. The highest BCUT2D eigenvalue weighted by Crippen LogP contribution is 2.20. The Morgan fingerprint density at radius 2 is 0.383 bits per heavy atom. The van der Waals surface area contributed by atoms with Gasteiger partial charge in [-0.15, -0.1) is 0 Å². The van der Waals surface area contributed by atoms with Crippen LogP contribution in [0, 0.1) is 0 Å². The van der Waals surface area contributed by atoms with E-state index in [1.54, 1.807) is 24.3 Å². The van der Waals surface area contributed by atoms with Gasteiger partial charge in [0.15, 0.2) is 0 Å². The molecule has 0 heterocycles. The number of esters is 3. The van der Waals surface area contributed by atoms with E-state index < -0.39 is 0 Å². The molecular weight excluding hydrogens is 1500 g/mol. The molecule has 7 aromatic carbocycles. The Kier molecular flexibility index (Phi) is 61.3. The van der Waals surface area contributed by atoms with E-state index in [9.17, 15) is 33.6 Å². The SMILES string of the molecule is C.CCCCCCCNC(=O)c1ccc(N(C)C)cc1.CCCCCCCOC(=O)c1ccc(N(C)C)cc1.CCCCCNC(=O)c1ccc(N(C)C)cc1.CCCCCOC(=O)c1ccc(N(C)C)cc1.CCCCNC(=O)c1ccc(N(C)C)cc1.CCCCOC(=O)c1ccc(N(C)C)cc1.CCCNC(=O)c1ccc(N(C)C)cc1. The highest BCUT2D eigenvalue weighted by atomic mass is 16.5. The van der Waals surface area contributed by atoms with Crippen LogP contribution in [-0.4, -0.2) is 186 Å². The van der Waals surface area contributed by atoms with Gasteiger partial charge in [0.05, 0.1) is 36.5 Å². The largest absolute Gasteiger partial charge is 0.462 e. The number of carbonyl (C=O) groups excluding carboxylic acids is 7. The van der Waals surface area contributed by atoms with E-state index in [-0.39, 0.29) is 49.0 Å². The molecule has 0 saturated carbocycles. The van der Waals surface area contributed by atoms with Gasteiger partial charge in [-0.05, 0) is 215 Å². The van der Waals surface area contributed by atoms with Crippen LogP contribution in [0.2, 0.25) is 0 Å². The number of hydrogen-bond donors (Lipinski definition) is 4. The van der Waals surface area contributed by atoms with Gasteiger partial charge in [-0.2, -0.15) is 0 Å². The average Bonchev–Trinajstić information content (AvgIpc) is 0.919. The third-order valence-electron chi connectivity index (χ3n) is 18.6. The molecule has 0 aromatic heterocycles. The van der Waals surface area contributed by atoms with Gasteiger partial charge in [-0.1, -0.05) is 146 Å². The van der Waals surface area contributed by atoms with Gasteiger partial charge in [0.1, 0.15) is 0 Å². The summed E-state index contributed by atoms with van der Waals surface area (Å²) in [5.41, 5.74) is 12.4. The van der Waals surface area contributed by atoms with E-state index in [0.29, 0.717) is 42.1 Å². The molecule has 0 unspecified atom stereocenters. The number of rotatable bonds is 42. The molecule has 0 radical (unpaired) electrons. The molecule has 0 fully saturated rings. The lowest BCUT2D eigenvalue weighted by Gasteiger charge is -2.12. The molecule has 0 atom stereocenters. The van der Waals surface area contributed by atoms with E-state index >= 15 is 0 Å². The molecule has 0 bridgehead atoms. The molecule has 0 saturated heterocycles. The normalized spacial score (nSPS) is 9.97. The summed E-state index contributed by atoms with van der Waals surface area (Å²) >= 11 is 0. The lowest BCUT2D eigenvalue weighted by molar-refractivity contribution is 0.0488. The minimum atomic E-state index is -0.237. The Morgan fingerprint density at radius 1 is 0.208 bits per heavy atom. The first-order valence-corrected chi connectivity index (χ1v) is 43.1. The Morgan fingerprint density at radius 3 is 0.617 bits per heavy atom. The van der Waals surface area contributed by atoms with Crippen molar-refractivity contribution < 1.29 is 47.8 Å². The average molecular weight is 1660 g/mol. The summed E-state index contributed by atoms with van der Waals surface area (Å²) in [6.07, 6.45) is 23.5. The number of nitrogens with one attached hydrogen (secondary N) is 4. The summed E-state index contributed by atoms with van der Waals surface area (Å²) in [5.74, 6) is -0.626. The zero-order valence-corrected chi connectivity index (χ0v) is 76.7. The quantitative estimate of drug-likeness (QED) is 0.0159. The molecule has 120 heavy (non-hydrogen) atoms. The number of hydrogen-bond acceptors (Lipinski definition) is 17. The molecule has 0 aliphatic heterocycles. The van der Waals surface area contributed by atoms with Crippen molar-refractivity contribution in [2.75, 3.05) is 179 Å². The maximum atomic E-state index is 11.9. The van der Waals surface area contributed by atoms with Crippen molar-refractivity contribution in [2.24, 2.45) is 0 Å². The second kappa shape index (κ2) is 67.2. The van der Waals surface area contributed by atoms with Gasteiger partial charge in [0.25, 0.3) is 23.6 Å². The first-order valence-electron chi connectivity index (χ1n) is 43.1. The smallest absolute Gasteiger partial charge is 0.338 e. The van der Waals surface area contributed by atoms with E-state index in [2.05, 4.69) is 62.8 Å². The standard InChI is InChI=1S/C16H26N2O.C16H25NO2.C14H22N2O.C14H21NO2.C13H20N2O.C13H19NO2.C12H18N2O.CH4/c1-4-5-6-7-8-13-17-16(19)14-9-11-15(12-10-14)18(2)3;1-4-5-6-7-8-13-19-16(18)14-9-11-15(12-10-14)17(2)3;1-4-5-6-11-15-14(17)12-7-9-13(10-8-12)16(2)3;1-4-5-6-11-17-14(16)12-7-9-13(10-8-12)15(2)3;1-4-5-10-14-13(16)11-6-8-12(9-7-11)15(2)3;1-4-5-10-16-13(15)11-6-8-12(9-7-11)14(2)3;1-4-9-13-12(15)10-5-7-11(8-6-10)14(2)3;/h9-12H,4-8,13H2,1-3H3,(H,17,19);9-12H,4-8,13H2,1-3H3;7-10H,4-6,11H2,1-3H3,(H,15,17);7-10H,4-6,11H2,1-3H3;6-9H,4-5,10H2,1-3H3,(H,14,16);6-9H,4-5,10H2,1-3H3;5-8H,4,9H2,1-3H3,(H,13,15);1H4. The zero-order valence-electron chi connectivity index (χ0n) is 76.7. The topological polar surface area (TPSA) is 218 Å². The van der Waals surface area contributed by atoms with Crippen molar-refractivity contribution in [1.29, 1.82) is 0 Å². The lowest BCUT2D eigenvalue weighted by atomic mass is 10.1. The number of nitrogens with zero attached hydrogens (tertiary/aromatic N) is 7. The van der Waals surface area contributed by atoms with Gasteiger partial charge in [0.2, 0.25) is 0 Å². The number of ether oxygens (including phenoxy) is 3. The van der Waals surface area contributed by atoms with E-state index in [4.69, 9.17) is 14.2 Å². The van der Waals surface area contributed by atoms with Gasteiger partial charge < -0.3 is 69.8 Å². The highest BCUT2D eigenvalue weighted by molar-refractivity contribution is 5.97. The highest BCUT2D eigenvalue weighted by Gasteiger charge is 2.13. The number of amides is 4. The summed E-state index contributed by atoms with van der Waals surface area (Å²) < 4.78 is 15.6. The summed E-state index contributed by atoms with van der Waals surface area (Å²) in [5, 5.41) is 11.6. The predicted molar refractivity (Wildman–Crippen MR) is 509 cm³/mol. The Balaban J connectivity index is 0.00000138. The van der Waals surface area contributed by atoms with Gasteiger partial charge in [0, 0.05) is 187 Å². The van der Waals surface area contributed by atoms with Crippen molar-refractivity contribution in [2.45, 2.75) is 191 Å². The molecule has 666 valence electrons. The Labute approximate surface area is 725 Å². The summed E-state index contributed by atoms with van der Waals surface area (Å²) in [4.78, 5) is 95.9. The monoisotopic (exact) mass is 1660 g/mol. The van der Waals surface area contributed by atoms with Crippen molar-refractivity contribution in [3.05, 3.63) is 209 Å². The van der Waals surface area contributed by atoms with Gasteiger partial charge in [-0.3, -0.25) is 19.2 Å². The van der Waals surface area contributed by atoms with Crippen LogP contribution in [0.3, 0.4) is 0 Å². The minimum Gasteiger partial charge on any atom is -0.462 e. The number of anilines is 7. The maximum absolute atomic E-state index is 11.9. The number of benzene rings is 7. The molecular formula is C99H155N11O10. The van der Waals surface area contributed by atoms with Crippen LogP contribution in [0.4, 0.5) is 39.8 Å². The minimum absolute atomic E-state index is 0. The Hall–Kier alpha value is -10.6. The molecule has 7 rings (SSSR count). The van der Waals surface area contributed by atoms with Crippen molar-refractivity contribution in [1.82, 2.24) is 21.3 Å². The first-order chi connectivity index (χ1) is 57.0. The molecule has 21 heteroatoms. The lowest BCUT2D eigenvalue weighted by Crippen LogP contribution is -2.24. The van der Waals surface area contributed by atoms with Crippen molar-refractivity contribution in [3.63, 3.8) is 0 Å². The molecule has 0 aliphatic rings. The second-order valence-corrected chi connectivity index (χ2v) is 30.5. The Bertz CT molecular complexity index is 3600. The van der Waals surface area contributed by atoms with E-state index in [1.807, 2.05) is 285 Å². The summed E-state index contributed by atoms with van der Waals surface area (Å²) in [6, 6.07) is 52.9. The van der Waals surface area contributed by atoms with Gasteiger partial charge >= 0.3 is 17.9 Å². The summed E-state index contributed by atoms with van der Waals surface area (Å²) in [7, 11) is 27.7. The number of carbonyl (C=O) groups is 7. The number of unbranched alkanes of at least 4 members (excludes halogenated alkanes) is 14. The van der Waals surface area contributed by atoms with Crippen LogP contribution in [0.5, 0.6) is 0 Å². The molecule has 0 aliphatic carbocycles. The third kappa shape index (κ3) is 49.1. The molecule has 21 nitrogen and oxygen atoms in total. The van der Waals surface area contributed by atoms with Crippen LogP contribution in [0.25, 0.3) is 0 Å². The van der Waals surface area contributed by atoms with Crippen LogP contribution in [-0.2, 0) is 14.2 Å². The molecule has 4 amide bonds. The van der Waals surface area contributed by atoms with Gasteiger partial charge in [-0.25, -0.2) is 14.4 Å². The zero-order chi connectivity index (χ0) is 88.7. The molecule has 7 aromatic rings. The van der Waals surface area contributed by atoms with Crippen LogP contribution in [0.15, 0.2) is 170 Å². The molecule has 0 spiro atoms. The van der Waals surface area contributed by atoms with Crippen molar-refractivity contribution in [3.8, 4) is 0 Å². The van der Waals surface area contributed by atoms with E-state index in [0.717, 1.165) is 160 Å². The van der Waals surface area contributed by atoms with Crippen LogP contribution >= 0.6 is 0 Å². The van der Waals surface area contributed by atoms with Crippen LogP contribution in [0.1, 0.15) is 263 Å². The van der Waals surface area contributed by atoms with E-state index in [1.165, 1.54) is 57.8 Å². The predicted octanol–water partition coefficient (Wildman–Crippen LogP) is 20.6. The van der Waals surface area contributed by atoms with Crippen LogP contribution < -0.4 is 55.6 Å². The summed E-state index contributed by atoms with van der Waals surface area (Å²) in [6.45, 7) is 19.5. The second-order valence-electron chi connectivity index (χ2n) is 30.5. The molecule has 4 N–H and O–H groups in total. The fourth-order valence-corrected chi connectivity index (χ4v) is 10.8. The van der Waals surface area contributed by atoms with Crippen molar-refractivity contribution >= 4 is 81.3 Å². The third-order valence-corrected chi connectivity index (χ3v) is 18.6. The maximum Gasteiger partial charge on any atom is 0.338 e. The fraction of sp³-hybridized carbons (Fsp3) is 0.505. The first kappa shape index (κ1) is 109.